The highest BCUT2D eigenvalue weighted by atomic mass is 79.9. The Balaban J connectivity index is 1.54. The molecule has 138 valence electrons. The van der Waals surface area contributed by atoms with Crippen LogP contribution in [0.15, 0.2) is 82.1 Å². The maximum Gasteiger partial charge on any atom is 0.255 e. The van der Waals surface area contributed by atoms with Crippen LogP contribution in [0.3, 0.4) is 0 Å². The minimum absolute atomic E-state index is 0.185. The van der Waals surface area contributed by atoms with Crippen molar-refractivity contribution in [3.8, 4) is 11.4 Å². The van der Waals surface area contributed by atoms with Gasteiger partial charge >= 0.3 is 0 Å². The zero-order valence-electron chi connectivity index (χ0n) is 14.7. The summed E-state index contributed by atoms with van der Waals surface area (Å²) in [5.74, 6) is 0.761. The van der Waals surface area contributed by atoms with Crippen LogP contribution in [-0.4, -0.2) is 21.0 Å². The number of benzene rings is 2. The summed E-state index contributed by atoms with van der Waals surface area (Å²) in [6, 6.07) is 18.5. The topological polar surface area (TPSA) is 80.9 Å². The first-order valence-corrected chi connectivity index (χ1v) is 9.36. The molecule has 0 bridgehead atoms. The van der Waals surface area contributed by atoms with Gasteiger partial charge in [0.05, 0.1) is 6.42 Å². The maximum atomic E-state index is 12.6. The van der Waals surface area contributed by atoms with Crippen LogP contribution in [0.5, 0.6) is 0 Å². The standard InChI is InChI=1S/C21H15BrN4O2/c22-17-8-3-6-15(11-17)21(27)24-18-9-2-1-5-14(18)12-19-25-20(26-28-19)16-7-4-10-23-13-16/h1-11,13H,12H2,(H,24,27). The molecule has 0 aliphatic heterocycles. The van der Waals surface area contributed by atoms with E-state index in [9.17, 15) is 4.79 Å². The molecule has 0 aliphatic rings. The van der Waals surface area contributed by atoms with Crippen molar-refractivity contribution < 1.29 is 9.32 Å². The molecule has 0 spiro atoms. The van der Waals surface area contributed by atoms with Crippen LogP contribution in [0, 0.1) is 0 Å². The van der Waals surface area contributed by atoms with Crippen LogP contribution in [0.4, 0.5) is 5.69 Å². The maximum absolute atomic E-state index is 12.6. The van der Waals surface area contributed by atoms with Gasteiger partial charge in [-0.15, -0.1) is 0 Å². The smallest absolute Gasteiger partial charge is 0.255 e. The second kappa shape index (κ2) is 8.14. The van der Waals surface area contributed by atoms with Gasteiger partial charge in [-0.3, -0.25) is 9.78 Å². The van der Waals surface area contributed by atoms with Gasteiger partial charge in [-0.1, -0.05) is 45.4 Å². The third-order valence-corrected chi connectivity index (χ3v) is 4.58. The number of amides is 1. The molecule has 2 aromatic carbocycles. The van der Waals surface area contributed by atoms with Gasteiger partial charge in [-0.05, 0) is 42.0 Å². The highest BCUT2D eigenvalue weighted by Crippen LogP contribution is 2.22. The van der Waals surface area contributed by atoms with Crippen molar-refractivity contribution in [3.05, 3.63) is 94.5 Å². The fourth-order valence-corrected chi connectivity index (χ4v) is 3.12. The van der Waals surface area contributed by atoms with Gasteiger partial charge in [0.1, 0.15) is 0 Å². The molecule has 0 fully saturated rings. The zero-order chi connectivity index (χ0) is 19.3. The molecule has 0 saturated carbocycles. The summed E-state index contributed by atoms with van der Waals surface area (Å²) in [6.07, 6.45) is 3.78. The van der Waals surface area contributed by atoms with E-state index in [-0.39, 0.29) is 5.91 Å². The first-order chi connectivity index (χ1) is 13.7. The predicted molar refractivity (Wildman–Crippen MR) is 109 cm³/mol. The molecule has 0 aliphatic carbocycles. The quantitative estimate of drug-likeness (QED) is 0.490. The molecule has 0 unspecified atom stereocenters. The number of carbonyl (C=O) groups excluding carboxylic acids is 1. The number of nitrogens with zero attached hydrogens (tertiary/aromatic N) is 3. The third-order valence-electron chi connectivity index (χ3n) is 4.08. The van der Waals surface area contributed by atoms with Crippen molar-refractivity contribution >= 4 is 27.5 Å². The van der Waals surface area contributed by atoms with E-state index < -0.39 is 0 Å². The van der Waals surface area contributed by atoms with Crippen LogP contribution >= 0.6 is 15.9 Å². The summed E-state index contributed by atoms with van der Waals surface area (Å²) < 4.78 is 6.22. The number of carbonyl (C=O) groups is 1. The number of pyridine rings is 1. The van der Waals surface area contributed by atoms with E-state index >= 15 is 0 Å². The van der Waals surface area contributed by atoms with Gasteiger partial charge in [0.15, 0.2) is 0 Å². The van der Waals surface area contributed by atoms with E-state index in [4.69, 9.17) is 4.52 Å². The monoisotopic (exact) mass is 434 g/mol. The largest absolute Gasteiger partial charge is 0.339 e. The lowest BCUT2D eigenvalue weighted by molar-refractivity contribution is 0.102. The van der Waals surface area contributed by atoms with Crippen LogP contribution in [-0.2, 0) is 6.42 Å². The average Bonchev–Trinajstić information content (AvgIpc) is 3.19. The van der Waals surface area contributed by atoms with Crippen molar-refractivity contribution in [2.75, 3.05) is 5.32 Å². The number of halogens is 1. The van der Waals surface area contributed by atoms with Crippen molar-refractivity contribution in [1.82, 2.24) is 15.1 Å². The molecule has 2 aromatic heterocycles. The minimum atomic E-state index is -0.185. The Morgan fingerprint density at radius 3 is 2.79 bits per heavy atom. The van der Waals surface area contributed by atoms with Crippen LogP contribution in [0.1, 0.15) is 21.8 Å². The van der Waals surface area contributed by atoms with Crippen molar-refractivity contribution in [2.45, 2.75) is 6.42 Å². The van der Waals surface area contributed by atoms with Gasteiger partial charge in [0.25, 0.3) is 5.91 Å². The fraction of sp³-hybridized carbons (Fsp3) is 0.0476. The first-order valence-electron chi connectivity index (χ1n) is 8.57. The number of aromatic nitrogens is 3. The minimum Gasteiger partial charge on any atom is -0.339 e. The van der Waals surface area contributed by atoms with Gasteiger partial charge in [-0.2, -0.15) is 4.98 Å². The van der Waals surface area contributed by atoms with E-state index in [1.807, 2.05) is 48.5 Å². The van der Waals surface area contributed by atoms with Gasteiger partial charge in [0, 0.05) is 33.7 Å². The zero-order valence-corrected chi connectivity index (χ0v) is 16.3. The normalized spacial score (nSPS) is 10.6. The lowest BCUT2D eigenvalue weighted by Gasteiger charge is -2.10. The SMILES string of the molecule is O=C(Nc1ccccc1Cc1nc(-c2cccnc2)no1)c1cccc(Br)c1. The van der Waals surface area contributed by atoms with Crippen molar-refractivity contribution in [2.24, 2.45) is 0 Å². The molecule has 28 heavy (non-hydrogen) atoms. The fourth-order valence-electron chi connectivity index (χ4n) is 2.72. The Morgan fingerprint density at radius 2 is 1.96 bits per heavy atom. The molecule has 4 rings (SSSR count). The Morgan fingerprint density at radius 1 is 1.07 bits per heavy atom. The van der Waals surface area contributed by atoms with Crippen LogP contribution < -0.4 is 5.32 Å². The van der Waals surface area contributed by atoms with Crippen LogP contribution in [0.2, 0.25) is 0 Å². The summed E-state index contributed by atoms with van der Waals surface area (Å²) in [5.41, 5.74) is 2.94. The molecule has 0 saturated heterocycles. The summed E-state index contributed by atoms with van der Waals surface area (Å²) in [5, 5.41) is 6.96. The van der Waals surface area contributed by atoms with Gasteiger partial charge < -0.3 is 9.84 Å². The van der Waals surface area contributed by atoms with E-state index in [0.717, 1.165) is 15.6 Å². The second-order valence-electron chi connectivity index (χ2n) is 6.05. The summed E-state index contributed by atoms with van der Waals surface area (Å²) in [7, 11) is 0. The van der Waals surface area contributed by atoms with Crippen LogP contribution in [0.25, 0.3) is 11.4 Å². The number of rotatable bonds is 5. The summed E-state index contributed by atoms with van der Waals surface area (Å²) in [6.45, 7) is 0. The molecule has 0 radical (unpaired) electrons. The molecule has 1 amide bonds. The van der Waals surface area contributed by atoms with E-state index in [1.165, 1.54) is 0 Å². The molecular weight excluding hydrogens is 420 g/mol. The molecule has 2 heterocycles. The molecule has 4 aromatic rings. The average molecular weight is 435 g/mol. The second-order valence-corrected chi connectivity index (χ2v) is 6.97. The third kappa shape index (κ3) is 4.15. The Bertz CT molecular complexity index is 1110. The number of anilines is 1. The number of hydrogen-bond acceptors (Lipinski definition) is 5. The molecule has 6 nitrogen and oxygen atoms in total. The summed E-state index contributed by atoms with van der Waals surface area (Å²) in [4.78, 5) is 21.1. The van der Waals surface area contributed by atoms with E-state index in [1.54, 1.807) is 24.5 Å². The summed E-state index contributed by atoms with van der Waals surface area (Å²) >= 11 is 3.38. The predicted octanol–water partition coefficient (Wildman–Crippen LogP) is 4.74. The lowest BCUT2D eigenvalue weighted by Crippen LogP contribution is -2.13. The highest BCUT2D eigenvalue weighted by Gasteiger charge is 2.13. The lowest BCUT2D eigenvalue weighted by atomic mass is 10.1. The Hall–Kier alpha value is -3.32. The van der Waals surface area contributed by atoms with Gasteiger partial charge in [0.2, 0.25) is 11.7 Å². The number of hydrogen-bond donors (Lipinski definition) is 1. The molecular formula is C21H15BrN4O2. The highest BCUT2D eigenvalue weighted by molar-refractivity contribution is 9.10. The van der Waals surface area contributed by atoms with Gasteiger partial charge in [-0.25, -0.2) is 0 Å². The Kier molecular flexibility index (Phi) is 5.25. The number of para-hydroxylation sites is 1. The molecule has 0 atom stereocenters. The number of nitrogens with one attached hydrogen (secondary N) is 1. The molecule has 7 heteroatoms. The molecule has 1 N–H and O–H groups in total. The Labute approximate surface area is 169 Å². The first kappa shape index (κ1) is 18.1. The van der Waals surface area contributed by atoms with Crippen molar-refractivity contribution in [3.63, 3.8) is 0 Å². The van der Waals surface area contributed by atoms with E-state index in [2.05, 4.69) is 36.4 Å². The van der Waals surface area contributed by atoms with E-state index in [0.29, 0.717) is 29.4 Å². The van der Waals surface area contributed by atoms with Crippen molar-refractivity contribution in [1.29, 1.82) is 0 Å².